The SMILES string of the molecule is Cc1c(C(C)Nc2nc3ccccc3o2)oc2ccccc12. The van der Waals surface area contributed by atoms with Crippen LogP contribution in [0.2, 0.25) is 0 Å². The van der Waals surface area contributed by atoms with Gasteiger partial charge in [0.2, 0.25) is 0 Å². The second-order valence-corrected chi connectivity index (χ2v) is 5.44. The van der Waals surface area contributed by atoms with Crippen LogP contribution < -0.4 is 5.32 Å². The van der Waals surface area contributed by atoms with E-state index in [1.807, 2.05) is 49.4 Å². The fourth-order valence-corrected chi connectivity index (χ4v) is 2.79. The molecule has 0 spiro atoms. The minimum absolute atomic E-state index is 0.0273. The first-order valence-electron chi connectivity index (χ1n) is 7.32. The number of oxazole rings is 1. The smallest absolute Gasteiger partial charge is 0.296 e. The number of benzene rings is 2. The van der Waals surface area contributed by atoms with Crippen LogP contribution in [-0.2, 0) is 0 Å². The molecule has 1 N–H and O–H groups in total. The van der Waals surface area contributed by atoms with Gasteiger partial charge in [-0.1, -0.05) is 30.3 Å². The zero-order valence-electron chi connectivity index (χ0n) is 12.5. The average molecular weight is 292 g/mol. The number of aromatic nitrogens is 1. The number of fused-ring (bicyclic) bond motifs is 2. The summed E-state index contributed by atoms with van der Waals surface area (Å²) in [6.45, 7) is 4.12. The highest BCUT2D eigenvalue weighted by molar-refractivity contribution is 5.82. The standard InChI is InChI=1S/C18H16N2O2/c1-11-13-7-3-5-9-15(13)21-17(11)12(2)19-18-20-14-8-4-6-10-16(14)22-18/h3-10,12H,1-2H3,(H,19,20). The van der Waals surface area contributed by atoms with Gasteiger partial charge >= 0.3 is 0 Å². The first-order chi connectivity index (χ1) is 10.7. The molecule has 0 fully saturated rings. The zero-order chi connectivity index (χ0) is 15.1. The molecule has 4 heteroatoms. The molecule has 4 nitrogen and oxygen atoms in total. The molecule has 1 atom stereocenters. The Balaban J connectivity index is 1.68. The van der Waals surface area contributed by atoms with E-state index in [0.29, 0.717) is 6.01 Å². The molecule has 0 aliphatic rings. The topological polar surface area (TPSA) is 51.2 Å². The number of anilines is 1. The maximum absolute atomic E-state index is 5.97. The Morgan fingerprint density at radius 2 is 1.68 bits per heavy atom. The normalized spacial score (nSPS) is 12.8. The zero-order valence-corrected chi connectivity index (χ0v) is 12.5. The molecule has 0 saturated heterocycles. The monoisotopic (exact) mass is 292 g/mol. The van der Waals surface area contributed by atoms with Crippen molar-refractivity contribution in [1.29, 1.82) is 0 Å². The van der Waals surface area contributed by atoms with Gasteiger partial charge in [-0.2, -0.15) is 4.98 Å². The highest BCUT2D eigenvalue weighted by Crippen LogP contribution is 2.31. The van der Waals surface area contributed by atoms with E-state index in [1.54, 1.807) is 0 Å². The summed E-state index contributed by atoms with van der Waals surface area (Å²) in [5, 5.41) is 4.42. The summed E-state index contributed by atoms with van der Waals surface area (Å²) in [4.78, 5) is 4.44. The number of nitrogens with one attached hydrogen (secondary N) is 1. The lowest BCUT2D eigenvalue weighted by Gasteiger charge is -2.10. The minimum Gasteiger partial charge on any atom is -0.459 e. The van der Waals surface area contributed by atoms with Gasteiger partial charge in [0.25, 0.3) is 6.01 Å². The summed E-state index contributed by atoms with van der Waals surface area (Å²) in [5.41, 5.74) is 3.67. The maximum atomic E-state index is 5.97. The van der Waals surface area contributed by atoms with Gasteiger partial charge in [-0.25, -0.2) is 0 Å². The molecule has 2 aromatic carbocycles. The Labute approximate surface area is 127 Å². The van der Waals surface area contributed by atoms with E-state index in [9.17, 15) is 0 Å². The molecule has 0 saturated carbocycles. The third-order valence-corrected chi connectivity index (χ3v) is 3.91. The lowest BCUT2D eigenvalue weighted by atomic mass is 10.1. The van der Waals surface area contributed by atoms with Crippen molar-refractivity contribution in [3.05, 3.63) is 59.9 Å². The van der Waals surface area contributed by atoms with E-state index in [2.05, 4.69) is 23.3 Å². The first-order valence-corrected chi connectivity index (χ1v) is 7.32. The van der Waals surface area contributed by atoms with Crippen molar-refractivity contribution < 1.29 is 8.83 Å². The van der Waals surface area contributed by atoms with Crippen molar-refractivity contribution in [3.8, 4) is 0 Å². The molecule has 0 bridgehead atoms. The fraction of sp³-hybridized carbons (Fsp3) is 0.167. The molecule has 2 aromatic heterocycles. The number of rotatable bonds is 3. The van der Waals surface area contributed by atoms with Crippen molar-refractivity contribution in [1.82, 2.24) is 4.98 Å². The molecule has 110 valence electrons. The molecule has 0 aliphatic heterocycles. The lowest BCUT2D eigenvalue weighted by molar-refractivity contribution is 0.510. The van der Waals surface area contributed by atoms with Gasteiger partial charge in [0.1, 0.15) is 16.9 Å². The Kier molecular flexibility index (Phi) is 2.89. The molecule has 2 heterocycles. The van der Waals surface area contributed by atoms with Gasteiger partial charge in [-0.15, -0.1) is 0 Å². The number of hydrogen-bond donors (Lipinski definition) is 1. The lowest BCUT2D eigenvalue weighted by Crippen LogP contribution is -2.06. The number of para-hydroxylation sites is 3. The third kappa shape index (κ3) is 2.04. The minimum atomic E-state index is -0.0273. The van der Waals surface area contributed by atoms with Crippen LogP contribution in [0.4, 0.5) is 6.01 Å². The van der Waals surface area contributed by atoms with Gasteiger partial charge in [-0.05, 0) is 32.0 Å². The van der Waals surface area contributed by atoms with Gasteiger partial charge in [0.05, 0.1) is 6.04 Å². The third-order valence-electron chi connectivity index (χ3n) is 3.91. The number of furan rings is 1. The van der Waals surface area contributed by atoms with Gasteiger partial charge < -0.3 is 14.2 Å². The van der Waals surface area contributed by atoms with Crippen molar-refractivity contribution >= 4 is 28.1 Å². The Hall–Kier alpha value is -2.75. The van der Waals surface area contributed by atoms with Crippen LogP contribution in [0.15, 0.2) is 57.4 Å². The first kappa shape index (κ1) is 13.0. The van der Waals surface area contributed by atoms with Crippen LogP contribution >= 0.6 is 0 Å². The van der Waals surface area contributed by atoms with Crippen LogP contribution in [0.5, 0.6) is 0 Å². The summed E-state index contributed by atoms with van der Waals surface area (Å²) >= 11 is 0. The molecule has 22 heavy (non-hydrogen) atoms. The van der Waals surface area contributed by atoms with Crippen LogP contribution in [-0.4, -0.2) is 4.98 Å². The van der Waals surface area contributed by atoms with Gasteiger partial charge in [0, 0.05) is 10.9 Å². The summed E-state index contributed by atoms with van der Waals surface area (Å²) < 4.78 is 11.7. The molecular weight excluding hydrogens is 276 g/mol. The van der Waals surface area contributed by atoms with E-state index < -0.39 is 0 Å². The van der Waals surface area contributed by atoms with Crippen molar-refractivity contribution in [2.45, 2.75) is 19.9 Å². The largest absolute Gasteiger partial charge is 0.459 e. The predicted octanol–water partition coefficient (Wildman–Crippen LogP) is 5.06. The molecular formula is C18H16N2O2. The molecule has 0 radical (unpaired) electrons. The summed E-state index contributed by atoms with van der Waals surface area (Å²) in [7, 11) is 0. The summed E-state index contributed by atoms with van der Waals surface area (Å²) in [5.74, 6) is 0.906. The maximum Gasteiger partial charge on any atom is 0.296 e. The number of nitrogens with zero attached hydrogens (tertiary/aromatic N) is 1. The number of aryl methyl sites for hydroxylation is 1. The predicted molar refractivity (Wildman–Crippen MR) is 87.0 cm³/mol. The van der Waals surface area contributed by atoms with Crippen molar-refractivity contribution in [2.75, 3.05) is 5.32 Å². The molecule has 0 aliphatic carbocycles. The second kappa shape index (κ2) is 4.91. The van der Waals surface area contributed by atoms with E-state index in [0.717, 1.165) is 33.4 Å². The highest BCUT2D eigenvalue weighted by Gasteiger charge is 2.18. The van der Waals surface area contributed by atoms with Crippen molar-refractivity contribution in [3.63, 3.8) is 0 Å². The Morgan fingerprint density at radius 3 is 2.45 bits per heavy atom. The van der Waals surface area contributed by atoms with Crippen molar-refractivity contribution in [2.24, 2.45) is 0 Å². The van der Waals surface area contributed by atoms with Crippen LogP contribution in [0, 0.1) is 6.92 Å². The second-order valence-electron chi connectivity index (χ2n) is 5.44. The van der Waals surface area contributed by atoms with E-state index in [4.69, 9.17) is 8.83 Å². The van der Waals surface area contributed by atoms with E-state index in [-0.39, 0.29) is 6.04 Å². The summed E-state index contributed by atoms with van der Waals surface area (Å²) in [6.07, 6.45) is 0. The van der Waals surface area contributed by atoms with Crippen LogP contribution in [0.25, 0.3) is 22.1 Å². The Bertz CT molecular complexity index is 919. The highest BCUT2D eigenvalue weighted by atomic mass is 16.4. The molecule has 4 rings (SSSR count). The quantitative estimate of drug-likeness (QED) is 0.573. The molecule has 1 unspecified atom stereocenters. The molecule has 0 amide bonds. The average Bonchev–Trinajstić information content (AvgIpc) is 3.08. The fourth-order valence-electron chi connectivity index (χ4n) is 2.79. The van der Waals surface area contributed by atoms with Gasteiger partial charge in [0.15, 0.2) is 5.58 Å². The molecule has 4 aromatic rings. The van der Waals surface area contributed by atoms with E-state index in [1.165, 1.54) is 0 Å². The number of hydrogen-bond acceptors (Lipinski definition) is 4. The van der Waals surface area contributed by atoms with Crippen LogP contribution in [0.3, 0.4) is 0 Å². The van der Waals surface area contributed by atoms with E-state index >= 15 is 0 Å². The van der Waals surface area contributed by atoms with Gasteiger partial charge in [-0.3, -0.25) is 0 Å². The van der Waals surface area contributed by atoms with Crippen LogP contribution in [0.1, 0.15) is 24.3 Å². The Morgan fingerprint density at radius 1 is 0.955 bits per heavy atom. The summed E-state index contributed by atoms with van der Waals surface area (Å²) in [6, 6.07) is 16.3.